The second kappa shape index (κ2) is 3.66. The highest BCUT2D eigenvalue weighted by molar-refractivity contribution is 5.38. The molecule has 0 aliphatic carbocycles. The summed E-state index contributed by atoms with van der Waals surface area (Å²) in [5.74, 6) is 0.218. The van der Waals surface area contributed by atoms with E-state index in [0.29, 0.717) is 5.56 Å². The van der Waals surface area contributed by atoms with Gasteiger partial charge in [-0.2, -0.15) is 4.98 Å². The highest BCUT2D eigenvalue weighted by Crippen LogP contribution is 2.17. The molecule has 0 amide bonds. The zero-order chi connectivity index (χ0) is 11.8. The van der Waals surface area contributed by atoms with E-state index in [0.717, 1.165) is 0 Å². The van der Waals surface area contributed by atoms with E-state index >= 15 is 0 Å². The van der Waals surface area contributed by atoms with Crippen LogP contribution in [0.5, 0.6) is 0 Å². The molecule has 84 valence electrons. The number of hydrogen-bond acceptors (Lipinski definition) is 4. The number of nitrogen functional groups attached to an aromatic ring is 1. The Hall–Kier alpha value is -1.36. The van der Waals surface area contributed by atoms with Crippen LogP contribution < -0.4 is 17.2 Å². The van der Waals surface area contributed by atoms with Gasteiger partial charge in [0, 0.05) is 23.3 Å². The van der Waals surface area contributed by atoms with Crippen molar-refractivity contribution < 1.29 is 0 Å². The molecule has 1 heterocycles. The molecule has 0 saturated carbocycles. The topological polar surface area (TPSA) is 86.9 Å². The first-order chi connectivity index (χ1) is 6.73. The van der Waals surface area contributed by atoms with Crippen LogP contribution in [0.15, 0.2) is 11.0 Å². The molecule has 0 aliphatic heterocycles. The van der Waals surface area contributed by atoms with Crippen molar-refractivity contribution in [3.05, 3.63) is 22.2 Å². The van der Waals surface area contributed by atoms with E-state index < -0.39 is 0 Å². The third-order valence-corrected chi connectivity index (χ3v) is 2.20. The van der Waals surface area contributed by atoms with Crippen LogP contribution in [0.1, 0.15) is 39.3 Å². The lowest BCUT2D eigenvalue weighted by molar-refractivity contribution is 0.375. The van der Waals surface area contributed by atoms with E-state index in [1.165, 1.54) is 0 Å². The fraction of sp³-hybridized carbons (Fsp3) is 0.600. The molecule has 1 unspecified atom stereocenters. The van der Waals surface area contributed by atoms with Crippen LogP contribution in [0.3, 0.4) is 0 Å². The summed E-state index contributed by atoms with van der Waals surface area (Å²) in [4.78, 5) is 15.4. The first-order valence-corrected chi connectivity index (χ1v) is 4.88. The Morgan fingerprint density at radius 2 is 2.00 bits per heavy atom. The Morgan fingerprint density at radius 1 is 1.47 bits per heavy atom. The van der Waals surface area contributed by atoms with Gasteiger partial charge in [-0.15, -0.1) is 0 Å². The standard InChI is InChI=1S/C10H18N4O/c1-6(11)7-5-14(10(2,3)4)9(15)13-8(7)12/h5-6H,11H2,1-4H3,(H2,12,13,15). The predicted octanol–water partition coefficient (Wildman–Crippen LogP) is 0.600. The maximum atomic E-state index is 11.6. The van der Waals surface area contributed by atoms with Gasteiger partial charge in [0.15, 0.2) is 0 Å². The van der Waals surface area contributed by atoms with Crippen molar-refractivity contribution in [1.82, 2.24) is 9.55 Å². The molecule has 0 aromatic carbocycles. The quantitative estimate of drug-likeness (QED) is 0.710. The van der Waals surface area contributed by atoms with Gasteiger partial charge in [0.25, 0.3) is 0 Å². The van der Waals surface area contributed by atoms with Gasteiger partial charge in [0.2, 0.25) is 0 Å². The van der Waals surface area contributed by atoms with Gasteiger partial charge in [-0.1, -0.05) is 0 Å². The summed E-state index contributed by atoms with van der Waals surface area (Å²) in [7, 11) is 0. The number of hydrogen-bond donors (Lipinski definition) is 2. The number of aromatic nitrogens is 2. The molecule has 0 radical (unpaired) electrons. The minimum atomic E-state index is -0.343. The normalized spacial score (nSPS) is 13.9. The molecule has 1 aromatic rings. The van der Waals surface area contributed by atoms with Crippen molar-refractivity contribution in [2.75, 3.05) is 5.73 Å². The van der Waals surface area contributed by atoms with Crippen molar-refractivity contribution >= 4 is 5.82 Å². The molecule has 1 rings (SSSR count). The van der Waals surface area contributed by atoms with Gasteiger partial charge in [-0.25, -0.2) is 4.79 Å². The van der Waals surface area contributed by atoms with Crippen LogP contribution in [0.4, 0.5) is 5.82 Å². The molecule has 5 heteroatoms. The Morgan fingerprint density at radius 3 is 2.40 bits per heavy atom. The highest BCUT2D eigenvalue weighted by Gasteiger charge is 2.18. The molecule has 0 saturated heterocycles. The van der Waals surface area contributed by atoms with E-state index in [4.69, 9.17) is 11.5 Å². The monoisotopic (exact) mass is 210 g/mol. The number of nitrogens with zero attached hydrogens (tertiary/aromatic N) is 2. The zero-order valence-electron chi connectivity index (χ0n) is 9.61. The van der Waals surface area contributed by atoms with Crippen molar-refractivity contribution in [3.8, 4) is 0 Å². The average molecular weight is 210 g/mol. The van der Waals surface area contributed by atoms with Gasteiger partial charge in [-0.3, -0.25) is 4.57 Å². The third kappa shape index (κ3) is 2.36. The van der Waals surface area contributed by atoms with Gasteiger partial charge in [0.1, 0.15) is 5.82 Å². The lowest BCUT2D eigenvalue weighted by Gasteiger charge is -2.23. The molecule has 0 spiro atoms. The summed E-state index contributed by atoms with van der Waals surface area (Å²) < 4.78 is 1.54. The second-order valence-corrected chi connectivity index (χ2v) is 4.69. The van der Waals surface area contributed by atoms with Crippen molar-refractivity contribution in [2.45, 2.75) is 39.3 Å². The first kappa shape index (κ1) is 11.7. The van der Waals surface area contributed by atoms with Crippen LogP contribution in [-0.4, -0.2) is 9.55 Å². The van der Waals surface area contributed by atoms with E-state index in [2.05, 4.69) is 4.98 Å². The number of anilines is 1. The zero-order valence-corrected chi connectivity index (χ0v) is 9.61. The third-order valence-electron chi connectivity index (χ3n) is 2.20. The number of rotatable bonds is 1. The van der Waals surface area contributed by atoms with Gasteiger partial charge < -0.3 is 11.5 Å². The largest absolute Gasteiger partial charge is 0.383 e. The summed E-state index contributed by atoms with van der Waals surface area (Å²) in [5.41, 5.74) is 11.4. The lowest BCUT2D eigenvalue weighted by atomic mass is 10.1. The highest BCUT2D eigenvalue weighted by atomic mass is 16.1. The molecular weight excluding hydrogens is 192 g/mol. The van der Waals surface area contributed by atoms with Crippen LogP contribution in [-0.2, 0) is 5.54 Å². The Kier molecular flexibility index (Phi) is 2.86. The Labute approximate surface area is 89.1 Å². The molecule has 0 aliphatic rings. The second-order valence-electron chi connectivity index (χ2n) is 4.69. The van der Waals surface area contributed by atoms with Crippen LogP contribution in [0, 0.1) is 0 Å². The lowest BCUT2D eigenvalue weighted by Crippen LogP contribution is -2.36. The molecule has 0 fully saturated rings. The molecule has 15 heavy (non-hydrogen) atoms. The van der Waals surface area contributed by atoms with E-state index in [9.17, 15) is 4.79 Å². The first-order valence-electron chi connectivity index (χ1n) is 4.88. The van der Waals surface area contributed by atoms with Crippen LogP contribution in [0.25, 0.3) is 0 Å². The summed E-state index contributed by atoms with van der Waals surface area (Å²) in [6.45, 7) is 7.59. The molecule has 5 nitrogen and oxygen atoms in total. The average Bonchev–Trinajstić information content (AvgIpc) is 2.00. The van der Waals surface area contributed by atoms with E-state index in [-0.39, 0.29) is 23.1 Å². The number of nitrogens with two attached hydrogens (primary N) is 2. The summed E-state index contributed by atoms with van der Waals surface area (Å²) in [6, 6.07) is -0.230. The van der Waals surface area contributed by atoms with Gasteiger partial charge in [-0.05, 0) is 27.7 Å². The minimum Gasteiger partial charge on any atom is -0.383 e. The van der Waals surface area contributed by atoms with E-state index in [1.54, 1.807) is 10.8 Å². The predicted molar refractivity (Wildman–Crippen MR) is 60.5 cm³/mol. The summed E-state index contributed by atoms with van der Waals surface area (Å²) in [6.07, 6.45) is 1.69. The van der Waals surface area contributed by atoms with Gasteiger partial charge in [0.05, 0.1) is 0 Å². The Bertz CT molecular complexity index is 414. The molecule has 4 N–H and O–H groups in total. The maximum absolute atomic E-state index is 11.6. The smallest absolute Gasteiger partial charge is 0.349 e. The fourth-order valence-corrected chi connectivity index (χ4v) is 1.31. The molecule has 1 atom stereocenters. The maximum Gasteiger partial charge on any atom is 0.349 e. The molecule has 0 bridgehead atoms. The molecule has 1 aromatic heterocycles. The van der Waals surface area contributed by atoms with Crippen LogP contribution in [0.2, 0.25) is 0 Å². The van der Waals surface area contributed by atoms with Crippen LogP contribution >= 0.6 is 0 Å². The van der Waals surface area contributed by atoms with Crippen molar-refractivity contribution in [2.24, 2.45) is 5.73 Å². The van der Waals surface area contributed by atoms with Crippen molar-refractivity contribution in [3.63, 3.8) is 0 Å². The van der Waals surface area contributed by atoms with Crippen molar-refractivity contribution in [1.29, 1.82) is 0 Å². The minimum absolute atomic E-state index is 0.218. The summed E-state index contributed by atoms with van der Waals surface area (Å²) >= 11 is 0. The fourth-order valence-electron chi connectivity index (χ4n) is 1.31. The van der Waals surface area contributed by atoms with Gasteiger partial charge >= 0.3 is 5.69 Å². The van der Waals surface area contributed by atoms with E-state index in [1.807, 2.05) is 27.7 Å². The Balaban J connectivity index is 3.44. The molecular formula is C10H18N4O. The summed E-state index contributed by atoms with van der Waals surface area (Å²) in [5, 5.41) is 0. The SMILES string of the molecule is CC(N)c1cn(C(C)(C)C)c(=O)nc1N.